The van der Waals surface area contributed by atoms with Crippen LogP contribution in [0, 0.1) is 12.7 Å². The third kappa shape index (κ3) is 3.07. The highest BCUT2D eigenvalue weighted by Gasteiger charge is 2.13. The maximum atomic E-state index is 13.3. The molecule has 1 N–H and O–H groups in total. The van der Waals surface area contributed by atoms with Gasteiger partial charge in [0.15, 0.2) is 4.34 Å². The molecule has 0 spiro atoms. The monoisotopic (exact) mass is 283 g/mol. The van der Waals surface area contributed by atoms with Gasteiger partial charge in [-0.3, -0.25) is 0 Å². The van der Waals surface area contributed by atoms with Crippen molar-refractivity contribution in [2.45, 2.75) is 29.1 Å². The Morgan fingerprint density at radius 3 is 2.78 bits per heavy atom. The zero-order chi connectivity index (χ0) is 13.1. The van der Waals surface area contributed by atoms with E-state index in [1.165, 1.54) is 17.8 Å². The van der Waals surface area contributed by atoms with E-state index in [0.717, 1.165) is 19.8 Å². The summed E-state index contributed by atoms with van der Waals surface area (Å²) in [6.07, 6.45) is 0. The van der Waals surface area contributed by atoms with Gasteiger partial charge in [-0.15, -0.1) is 10.2 Å². The van der Waals surface area contributed by atoms with Gasteiger partial charge in [-0.05, 0) is 44.7 Å². The molecule has 3 nitrogen and oxygen atoms in total. The number of hydrogen-bond donors (Lipinski definition) is 1. The van der Waals surface area contributed by atoms with E-state index in [9.17, 15) is 4.39 Å². The Labute approximate surface area is 114 Å². The summed E-state index contributed by atoms with van der Waals surface area (Å²) in [5, 5.41) is 12.1. The van der Waals surface area contributed by atoms with Gasteiger partial charge in [-0.25, -0.2) is 4.39 Å². The molecule has 0 fully saturated rings. The molecule has 96 valence electrons. The highest BCUT2D eigenvalue weighted by molar-refractivity contribution is 8.01. The molecule has 0 amide bonds. The lowest BCUT2D eigenvalue weighted by Crippen LogP contribution is -2.13. The predicted octanol–water partition coefficient (Wildman–Crippen LogP) is 3.42. The quantitative estimate of drug-likeness (QED) is 0.933. The zero-order valence-electron chi connectivity index (χ0n) is 10.4. The van der Waals surface area contributed by atoms with E-state index in [-0.39, 0.29) is 11.9 Å². The molecular weight excluding hydrogens is 269 g/mol. The van der Waals surface area contributed by atoms with Gasteiger partial charge >= 0.3 is 0 Å². The van der Waals surface area contributed by atoms with Crippen LogP contribution >= 0.6 is 23.1 Å². The second-order valence-corrected chi connectivity index (χ2v) is 6.35. The minimum Gasteiger partial charge on any atom is -0.313 e. The third-order valence-corrected chi connectivity index (χ3v) is 4.56. The average Bonchev–Trinajstić information content (AvgIpc) is 2.76. The van der Waals surface area contributed by atoms with Crippen LogP contribution in [0.3, 0.4) is 0 Å². The van der Waals surface area contributed by atoms with Gasteiger partial charge in [-0.1, -0.05) is 23.1 Å². The SMILES string of the molecule is CNC(C)c1cc(F)ccc1Sc1nnc(C)s1. The number of aromatic nitrogens is 2. The first kappa shape index (κ1) is 13.5. The molecule has 0 bridgehead atoms. The van der Waals surface area contributed by atoms with E-state index in [4.69, 9.17) is 0 Å². The minimum absolute atomic E-state index is 0.0946. The van der Waals surface area contributed by atoms with Gasteiger partial charge in [-0.2, -0.15) is 0 Å². The van der Waals surface area contributed by atoms with E-state index >= 15 is 0 Å². The van der Waals surface area contributed by atoms with Crippen LogP contribution in [0.4, 0.5) is 4.39 Å². The van der Waals surface area contributed by atoms with Gasteiger partial charge in [0.25, 0.3) is 0 Å². The molecule has 0 saturated heterocycles. The summed E-state index contributed by atoms with van der Waals surface area (Å²) >= 11 is 3.07. The molecule has 0 aliphatic carbocycles. The summed E-state index contributed by atoms with van der Waals surface area (Å²) in [4.78, 5) is 1.01. The van der Waals surface area contributed by atoms with Crippen LogP contribution in [0.15, 0.2) is 27.4 Å². The molecule has 18 heavy (non-hydrogen) atoms. The van der Waals surface area contributed by atoms with Crippen LogP contribution in [0.5, 0.6) is 0 Å². The maximum Gasteiger partial charge on any atom is 0.179 e. The van der Waals surface area contributed by atoms with Crippen molar-refractivity contribution in [3.8, 4) is 0 Å². The molecule has 0 saturated carbocycles. The standard InChI is InChI=1S/C12H14FN3S2/c1-7(14-3)10-6-9(13)4-5-11(10)18-12-16-15-8(2)17-12/h4-7,14H,1-3H3. The lowest BCUT2D eigenvalue weighted by atomic mass is 10.1. The molecule has 6 heteroatoms. The Bertz CT molecular complexity index is 542. The smallest absolute Gasteiger partial charge is 0.179 e. The summed E-state index contributed by atoms with van der Waals surface area (Å²) in [5.41, 5.74) is 0.940. The first-order chi connectivity index (χ1) is 8.60. The van der Waals surface area contributed by atoms with Crippen molar-refractivity contribution in [1.29, 1.82) is 0 Å². The summed E-state index contributed by atoms with van der Waals surface area (Å²) in [6.45, 7) is 3.92. The molecule has 1 atom stereocenters. The summed E-state index contributed by atoms with van der Waals surface area (Å²) in [7, 11) is 1.86. The Morgan fingerprint density at radius 2 is 2.17 bits per heavy atom. The molecule has 1 aromatic heterocycles. The van der Waals surface area contributed by atoms with Crippen molar-refractivity contribution in [3.63, 3.8) is 0 Å². The van der Waals surface area contributed by atoms with Crippen LogP contribution in [-0.2, 0) is 0 Å². The number of rotatable bonds is 4. The van der Waals surface area contributed by atoms with Gasteiger partial charge in [0.05, 0.1) is 0 Å². The molecule has 0 aliphatic heterocycles. The molecule has 0 radical (unpaired) electrons. The molecule has 2 rings (SSSR count). The normalized spacial score (nSPS) is 12.7. The largest absolute Gasteiger partial charge is 0.313 e. The number of hydrogen-bond acceptors (Lipinski definition) is 5. The van der Waals surface area contributed by atoms with Crippen molar-refractivity contribution in [3.05, 3.63) is 34.6 Å². The second kappa shape index (κ2) is 5.77. The number of nitrogens with one attached hydrogen (secondary N) is 1. The molecule has 0 aliphatic rings. The van der Waals surface area contributed by atoms with Crippen LogP contribution < -0.4 is 5.32 Å². The zero-order valence-corrected chi connectivity index (χ0v) is 12.0. The van der Waals surface area contributed by atoms with Crippen LogP contribution in [0.1, 0.15) is 23.5 Å². The minimum atomic E-state index is -0.218. The fraction of sp³-hybridized carbons (Fsp3) is 0.333. The lowest BCUT2D eigenvalue weighted by molar-refractivity contribution is 0.601. The second-order valence-electron chi connectivity index (χ2n) is 3.88. The van der Waals surface area contributed by atoms with Crippen molar-refractivity contribution in [2.24, 2.45) is 0 Å². The molecular formula is C12H14FN3S2. The van der Waals surface area contributed by atoms with E-state index in [0.29, 0.717) is 0 Å². The first-order valence-corrected chi connectivity index (χ1v) is 7.18. The number of halogens is 1. The summed E-state index contributed by atoms with van der Waals surface area (Å²) in [6, 6.07) is 4.93. The van der Waals surface area contributed by atoms with Gasteiger partial charge < -0.3 is 5.32 Å². The first-order valence-electron chi connectivity index (χ1n) is 5.55. The molecule has 1 heterocycles. The number of aryl methyl sites for hydroxylation is 1. The fourth-order valence-corrected chi connectivity index (χ4v) is 3.49. The van der Waals surface area contributed by atoms with E-state index < -0.39 is 0 Å². The van der Waals surface area contributed by atoms with Crippen molar-refractivity contribution in [2.75, 3.05) is 7.05 Å². The van der Waals surface area contributed by atoms with E-state index in [1.807, 2.05) is 20.9 Å². The Balaban J connectivity index is 2.31. The number of nitrogens with zero attached hydrogens (tertiary/aromatic N) is 2. The van der Waals surface area contributed by atoms with Crippen LogP contribution in [-0.4, -0.2) is 17.2 Å². The third-order valence-electron chi connectivity index (χ3n) is 2.58. The maximum absolute atomic E-state index is 13.3. The Kier molecular flexibility index (Phi) is 4.31. The topological polar surface area (TPSA) is 37.8 Å². The average molecular weight is 283 g/mol. The van der Waals surface area contributed by atoms with Crippen LogP contribution in [0.2, 0.25) is 0 Å². The lowest BCUT2D eigenvalue weighted by Gasteiger charge is -2.14. The fourth-order valence-electron chi connectivity index (χ4n) is 1.52. The summed E-state index contributed by atoms with van der Waals surface area (Å²) < 4.78 is 14.2. The summed E-state index contributed by atoms with van der Waals surface area (Å²) in [5.74, 6) is -0.218. The highest BCUT2D eigenvalue weighted by Crippen LogP contribution is 2.35. The Hall–Kier alpha value is -0.980. The van der Waals surface area contributed by atoms with Crippen molar-refractivity contribution < 1.29 is 4.39 Å². The van der Waals surface area contributed by atoms with E-state index in [2.05, 4.69) is 15.5 Å². The van der Waals surface area contributed by atoms with Gasteiger partial charge in [0.1, 0.15) is 10.8 Å². The van der Waals surface area contributed by atoms with Crippen molar-refractivity contribution in [1.82, 2.24) is 15.5 Å². The number of benzene rings is 1. The molecule has 1 aromatic carbocycles. The molecule has 1 unspecified atom stereocenters. The van der Waals surface area contributed by atoms with Gasteiger partial charge in [0, 0.05) is 10.9 Å². The predicted molar refractivity (Wildman–Crippen MR) is 72.6 cm³/mol. The highest BCUT2D eigenvalue weighted by atomic mass is 32.2. The molecule has 2 aromatic rings. The van der Waals surface area contributed by atoms with Gasteiger partial charge in [0.2, 0.25) is 0 Å². The van der Waals surface area contributed by atoms with Crippen molar-refractivity contribution >= 4 is 23.1 Å². The van der Waals surface area contributed by atoms with Crippen LogP contribution in [0.25, 0.3) is 0 Å². The Morgan fingerprint density at radius 1 is 1.39 bits per heavy atom. The van der Waals surface area contributed by atoms with E-state index in [1.54, 1.807) is 23.5 Å².